The molecule has 4 atom stereocenters. The average molecular weight is 386 g/mol. The number of carbonyl (C=O) groups is 1. The van der Waals surface area contributed by atoms with Gasteiger partial charge in [0, 0.05) is 13.3 Å². The molecule has 0 aromatic heterocycles. The van der Waals surface area contributed by atoms with Crippen molar-refractivity contribution < 1.29 is 28.8 Å². The maximum absolute atomic E-state index is 11.2. The van der Waals surface area contributed by atoms with Crippen molar-refractivity contribution in [2.75, 3.05) is 6.61 Å². The number of esters is 1. The third-order valence-corrected chi connectivity index (χ3v) is 4.58. The van der Waals surface area contributed by atoms with E-state index in [-0.39, 0.29) is 12.7 Å². The number of hydrogen-bond acceptors (Lipinski definition) is 6. The smallest absolute Gasteiger partial charge is 0.302 e. The summed E-state index contributed by atoms with van der Waals surface area (Å²) in [6.07, 6.45) is -2.13. The second-order valence-electron chi connectivity index (χ2n) is 6.77. The topological polar surface area (TPSA) is 74.2 Å². The molecule has 150 valence electrons. The van der Waals surface area contributed by atoms with Crippen molar-refractivity contribution in [2.24, 2.45) is 0 Å². The van der Waals surface area contributed by atoms with Crippen LogP contribution >= 0.6 is 0 Å². The van der Waals surface area contributed by atoms with Gasteiger partial charge in [0.15, 0.2) is 6.29 Å². The SMILES string of the molecule is CC(=O)OC[C@H]1OC(O)[C@H](OCc2ccccc2)C[C@@H]1OCc1ccccc1. The third kappa shape index (κ3) is 6.14. The van der Waals surface area contributed by atoms with E-state index >= 15 is 0 Å². The summed E-state index contributed by atoms with van der Waals surface area (Å²) in [5.74, 6) is -0.401. The van der Waals surface area contributed by atoms with Crippen LogP contribution in [0.3, 0.4) is 0 Å². The quantitative estimate of drug-likeness (QED) is 0.704. The van der Waals surface area contributed by atoms with Gasteiger partial charge in [0.2, 0.25) is 0 Å². The maximum Gasteiger partial charge on any atom is 0.302 e. The minimum Gasteiger partial charge on any atom is -0.463 e. The largest absolute Gasteiger partial charge is 0.463 e. The fraction of sp³-hybridized carbons (Fsp3) is 0.409. The normalized spacial score (nSPS) is 24.6. The molecule has 1 aliphatic rings. The zero-order chi connectivity index (χ0) is 19.8. The van der Waals surface area contributed by atoms with Gasteiger partial charge in [0.1, 0.15) is 18.8 Å². The molecular weight excluding hydrogens is 360 g/mol. The summed E-state index contributed by atoms with van der Waals surface area (Å²) in [7, 11) is 0. The summed E-state index contributed by atoms with van der Waals surface area (Å²) in [5, 5.41) is 10.3. The summed E-state index contributed by atoms with van der Waals surface area (Å²) in [5.41, 5.74) is 2.04. The Morgan fingerprint density at radius 2 is 1.50 bits per heavy atom. The molecule has 1 aliphatic heterocycles. The standard InChI is InChI=1S/C22H26O6/c1-16(23)25-15-21-19(26-13-17-8-4-2-5-9-17)12-20(22(24)28-21)27-14-18-10-6-3-7-11-18/h2-11,19-22,24H,12-15H2,1H3/t19-,20+,21+,22?/m0/s1. The molecule has 2 aromatic carbocycles. The summed E-state index contributed by atoms with van der Waals surface area (Å²) in [4.78, 5) is 11.2. The molecule has 6 heteroatoms. The zero-order valence-electron chi connectivity index (χ0n) is 15.9. The van der Waals surface area contributed by atoms with Crippen LogP contribution in [0, 0.1) is 0 Å². The first kappa shape index (κ1) is 20.5. The number of ether oxygens (including phenoxy) is 4. The molecular formula is C22H26O6. The molecule has 1 N–H and O–H groups in total. The minimum absolute atomic E-state index is 0.0251. The summed E-state index contributed by atoms with van der Waals surface area (Å²) >= 11 is 0. The second-order valence-corrected chi connectivity index (χ2v) is 6.77. The Kier molecular flexibility index (Phi) is 7.56. The Balaban J connectivity index is 1.61. The monoisotopic (exact) mass is 386 g/mol. The molecule has 1 unspecified atom stereocenters. The second kappa shape index (κ2) is 10.3. The lowest BCUT2D eigenvalue weighted by Crippen LogP contribution is -2.51. The molecule has 0 amide bonds. The molecule has 0 aliphatic carbocycles. The first-order valence-corrected chi connectivity index (χ1v) is 9.40. The van der Waals surface area contributed by atoms with Crippen LogP contribution in [0.2, 0.25) is 0 Å². The van der Waals surface area contributed by atoms with Gasteiger partial charge in [-0.3, -0.25) is 4.79 Å². The van der Waals surface area contributed by atoms with Crippen molar-refractivity contribution in [3.63, 3.8) is 0 Å². The lowest BCUT2D eigenvalue weighted by atomic mass is 10.0. The molecule has 0 saturated carbocycles. The fourth-order valence-electron chi connectivity index (χ4n) is 3.08. The van der Waals surface area contributed by atoms with Gasteiger partial charge in [0.25, 0.3) is 0 Å². The summed E-state index contributed by atoms with van der Waals surface area (Å²) in [6.45, 7) is 2.13. The van der Waals surface area contributed by atoms with Crippen LogP contribution in [-0.4, -0.2) is 42.3 Å². The van der Waals surface area contributed by atoms with E-state index in [2.05, 4.69) is 0 Å². The van der Waals surface area contributed by atoms with Crippen molar-refractivity contribution in [1.29, 1.82) is 0 Å². The van der Waals surface area contributed by atoms with Gasteiger partial charge in [-0.15, -0.1) is 0 Å². The van der Waals surface area contributed by atoms with Crippen molar-refractivity contribution in [2.45, 2.75) is 51.2 Å². The molecule has 0 radical (unpaired) electrons. The van der Waals surface area contributed by atoms with Crippen molar-refractivity contribution in [3.05, 3.63) is 71.8 Å². The number of benzene rings is 2. The fourth-order valence-corrected chi connectivity index (χ4v) is 3.08. The Bertz CT molecular complexity index is 720. The third-order valence-electron chi connectivity index (χ3n) is 4.58. The predicted octanol–water partition coefficient (Wildman–Crippen LogP) is 2.83. The van der Waals surface area contributed by atoms with E-state index in [4.69, 9.17) is 18.9 Å². The lowest BCUT2D eigenvalue weighted by molar-refractivity contribution is -0.273. The maximum atomic E-state index is 11.2. The number of carbonyl (C=O) groups excluding carboxylic acids is 1. The highest BCUT2D eigenvalue weighted by Crippen LogP contribution is 2.26. The molecule has 1 fully saturated rings. The highest BCUT2D eigenvalue weighted by Gasteiger charge is 2.39. The highest BCUT2D eigenvalue weighted by molar-refractivity contribution is 5.65. The van der Waals surface area contributed by atoms with E-state index in [1.54, 1.807) is 0 Å². The van der Waals surface area contributed by atoms with Gasteiger partial charge in [-0.25, -0.2) is 0 Å². The number of aliphatic hydroxyl groups is 1. The van der Waals surface area contributed by atoms with Crippen LogP contribution in [0.4, 0.5) is 0 Å². The predicted molar refractivity (Wildman–Crippen MR) is 102 cm³/mol. The Labute approximate surface area is 165 Å². The van der Waals surface area contributed by atoms with Crippen LogP contribution in [-0.2, 0) is 37.0 Å². The molecule has 2 aromatic rings. The highest BCUT2D eigenvalue weighted by atomic mass is 16.7. The molecule has 0 bridgehead atoms. The van der Waals surface area contributed by atoms with E-state index in [1.807, 2.05) is 60.7 Å². The zero-order valence-corrected chi connectivity index (χ0v) is 15.9. The van der Waals surface area contributed by atoms with Crippen LogP contribution in [0.5, 0.6) is 0 Å². The van der Waals surface area contributed by atoms with Crippen LogP contribution in [0.1, 0.15) is 24.5 Å². The Morgan fingerprint density at radius 3 is 2.04 bits per heavy atom. The van der Waals surface area contributed by atoms with E-state index in [0.717, 1.165) is 11.1 Å². The van der Waals surface area contributed by atoms with Crippen molar-refractivity contribution in [1.82, 2.24) is 0 Å². The van der Waals surface area contributed by atoms with Gasteiger partial charge in [-0.1, -0.05) is 60.7 Å². The van der Waals surface area contributed by atoms with Gasteiger partial charge in [-0.05, 0) is 11.1 Å². The number of rotatable bonds is 8. The molecule has 1 saturated heterocycles. The molecule has 3 rings (SSSR count). The molecule has 6 nitrogen and oxygen atoms in total. The Morgan fingerprint density at radius 1 is 0.964 bits per heavy atom. The summed E-state index contributed by atoms with van der Waals surface area (Å²) < 4.78 is 22.7. The minimum atomic E-state index is -1.11. The van der Waals surface area contributed by atoms with Crippen LogP contribution in [0.15, 0.2) is 60.7 Å². The number of aliphatic hydroxyl groups excluding tert-OH is 1. The first-order chi connectivity index (χ1) is 13.6. The number of hydrogen-bond donors (Lipinski definition) is 1. The van der Waals surface area contributed by atoms with Crippen molar-refractivity contribution in [3.8, 4) is 0 Å². The lowest BCUT2D eigenvalue weighted by Gasteiger charge is -2.38. The Hall–Kier alpha value is -2.25. The van der Waals surface area contributed by atoms with Crippen LogP contribution < -0.4 is 0 Å². The van der Waals surface area contributed by atoms with E-state index in [0.29, 0.717) is 19.6 Å². The first-order valence-electron chi connectivity index (χ1n) is 9.40. The van der Waals surface area contributed by atoms with Gasteiger partial charge in [-0.2, -0.15) is 0 Å². The average Bonchev–Trinajstić information content (AvgIpc) is 2.72. The van der Waals surface area contributed by atoms with E-state index < -0.39 is 24.5 Å². The van der Waals surface area contributed by atoms with E-state index in [9.17, 15) is 9.90 Å². The molecule has 1 heterocycles. The van der Waals surface area contributed by atoms with Gasteiger partial charge < -0.3 is 24.1 Å². The van der Waals surface area contributed by atoms with Gasteiger partial charge >= 0.3 is 5.97 Å². The molecule has 0 spiro atoms. The molecule has 28 heavy (non-hydrogen) atoms. The van der Waals surface area contributed by atoms with Crippen molar-refractivity contribution >= 4 is 5.97 Å². The van der Waals surface area contributed by atoms with E-state index in [1.165, 1.54) is 6.92 Å². The summed E-state index contributed by atoms with van der Waals surface area (Å²) in [6, 6.07) is 19.5. The van der Waals surface area contributed by atoms with Gasteiger partial charge in [0.05, 0.1) is 19.3 Å². The van der Waals surface area contributed by atoms with Crippen LogP contribution in [0.25, 0.3) is 0 Å².